The Morgan fingerprint density at radius 2 is 1.47 bits per heavy atom. The van der Waals surface area contributed by atoms with Crippen LogP contribution in [0.15, 0.2) is 12.1 Å². The average molecular weight is 262 g/mol. The molecule has 0 fully saturated rings. The average Bonchev–Trinajstić information content (AvgIpc) is 2.23. The number of nitrogens with two attached hydrogens (primary N) is 1. The minimum atomic E-state index is 0.101. The third kappa shape index (κ3) is 3.80. The first-order valence-corrected chi connectivity index (χ1v) is 7.12. The molecule has 108 valence electrons. The van der Waals surface area contributed by atoms with Gasteiger partial charge in [0.1, 0.15) is 0 Å². The van der Waals surface area contributed by atoms with Crippen LogP contribution in [-0.4, -0.2) is 13.2 Å². The van der Waals surface area contributed by atoms with Gasteiger partial charge in [-0.25, -0.2) is 0 Å². The first kappa shape index (κ1) is 16.2. The van der Waals surface area contributed by atoms with E-state index in [2.05, 4.69) is 65.9 Å². The Hall–Kier alpha value is -0.860. The molecule has 1 aromatic carbocycles. The van der Waals surface area contributed by atoms with Gasteiger partial charge in [-0.15, -0.1) is 0 Å². The monoisotopic (exact) mass is 262 g/mol. The van der Waals surface area contributed by atoms with E-state index in [0.29, 0.717) is 6.67 Å². The lowest BCUT2D eigenvalue weighted by Crippen LogP contribution is -2.37. The summed E-state index contributed by atoms with van der Waals surface area (Å²) in [5.41, 5.74) is 11.5. The van der Waals surface area contributed by atoms with E-state index in [1.165, 1.54) is 22.3 Å². The predicted octanol–water partition coefficient (Wildman–Crippen LogP) is 3.38. The van der Waals surface area contributed by atoms with E-state index in [4.69, 9.17) is 5.73 Å². The topological polar surface area (TPSA) is 38.0 Å². The molecule has 0 aromatic heterocycles. The van der Waals surface area contributed by atoms with Crippen LogP contribution in [0.2, 0.25) is 0 Å². The molecule has 0 amide bonds. The molecule has 2 heteroatoms. The predicted molar refractivity (Wildman–Crippen MR) is 84.7 cm³/mol. The van der Waals surface area contributed by atoms with Crippen molar-refractivity contribution in [3.8, 4) is 0 Å². The molecule has 1 rings (SSSR count). The molecule has 19 heavy (non-hydrogen) atoms. The highest BCUT2D eigenvalue weighted by Gasteiger charge is 2.25. The van der Waals surface area contributed by atoms with Gasteiger partial charge in [-0.3, -0.25) is 0 Å². The molecule has 0 aliphatic carbocycles. The first-order chi connectivity index (χ1) is 8.59. The standard InChI is InChI=1S/C17H30N2/c1-12-8-14(16(3,4)5)9-13(2)15(12)17(6,7)10-19-11-18/h8-9,19H,10-11,18H2,1-7H3. The number of rotatable bonds is 4. The van der Waals surface area contributed by atoms with Crippen molar-refractivity contribution in [3.63, 3.8) is 0 Å². The van der Waals surface area contributed by atoms with Crippen molar-refractivity contribution in [2.24, 2.45) is 5.73 Å². The zero-order valence-corrected chi connectivity index (χ0v) is 13.6. The largest absolute Gasteiger partial charge is 0.318 e. The summed E-state index contributed by atoms with van der Waals surface area (Å²) < 4.78 is 0. The van der Waals surface area contributed by atoms with Crippen molar-refractivity contribution in [1.82, 2.24) is 5.32 Å². The van der Waals surface area contributed by atoms with Crippen molar-refractivity contribution in [2.45, 2.75) is 59.3 Å². The molecule has 0 bridgehead atoms. The smallest absolute Gasteiger partial charge is 0.0429 e. The van der Waals surface area contributed by atoms with Gasteiger partial charge in [0.25, 0.3) is 0 Å². The molecule has 0 radical (unpaired) electrons. The van der Waals surface area contributed by atoms with E-state index in [9.17, 15) is 0 Å². The lowest BCUT2D eigenvalue weighted by atomic mass is 9.76. The van der Waals surface area contributed by atoms with Crippen LogP contribution in [0, 0.1) is 13.8 Å². The van der Waals surface area contributed by atoms with Crippen LogP contribution in [0.3, 0.4) is 0 Å². The number of hydrogen-bond acceptors (Lipinski definition) is 2. The van der Waals surface area contributed by atoms with Crippen LogP contribution in [0.25, 0.3) is 0 Å². The van der Waals surface area contributed by atoms with Crippen molar-refractivity contribution < 1.29 is 0 Å². The lowest BCUT2D eigenvalue weighted by molar-refractivity contribution is 0.469. The zero-order chi connectivity index (χ0) is 14.8. The summed E-state index contributed by atoms with van der Waals surface area (Å²) in [5, 5.41) is 3.26. The summed E-state index contributed by atoms with van der Waals surface area (Å²) in [6, 6.07) is 4.68. The highest BCUT2D eigenvalue weighted by Crippen LogP contribution is 2.33. The van der Waals surface area contributed by atoms with Gasteiger partial charge in [-0.05, 0) is 41.5 Å². The highest BCUT2D eigenvalue weighted by molar-refractivity contribution is 5.44. The molecular weight excluding hydrogens is 232 g/mol. The Kier molecular flexibility index (Phi) is 4.81. The summed E-state index contributed by atoms with van der Waals surface area (Å²) in [5.74, 6) is 0. The van der Waals surface area contributed by atoms with Gasteiger partial charge in [0.05, 0.1) is 0 Å². The second-order valence-electron chi connectivity index (χ2n) is 7.25. The van der Waals surface area contributed by atoms with Crippen LogP contribution in [0.4, 0.5) is 0 Å². The third-order valence-electron chi connectivity index (χ3n) is 3.79. The molecular formula is C17H30N2. The highest BCUT2D eigenvalue weighted by atomic mass is 15.0. The molecule has 0 unspecified atom stereocenters. The molecule has 1 aromatic rings. The Morgan fingerprint density at radius 3 is 1.84 bits per heavy atom. The fourth-order valence-electron chi connectivity index (χ4n) is 2.94. The van der Waals surface area contributed by atoms with Gasteiger partial charge < -0.3 is 11.1 Å². The van der Waals surface area contributed by atoms with E-state index >= 15 is 0 Å². The van der Waals surface area contributed by atoms with Crippen molar-refractivity contribution in [1.29, 1.82) is 0 Å². The van der Waals surface area contributed by atoms with Gasteiger partial charge in [0.15, 0.2) is 0 Å². The molecule has 0 spiro atoms. The summed E-state index contributed by atoms with van der Waals surface area (Å²) in [4.78, 5) is 0. The summed E-state index contributed by atoms with van der Waals surface area (Å²) in [7, 11) is 0. The van der Waals surface area contributed by atoms with E-state index < -0.39 is 0 Å². The van der Waals surface area contributed by atoms with Gasteiger partial charge in [0, 0.05) is 18.6 Å². The van der Waals surface area contributed by atoms with Crippen LogP contribution < -0.4 is 11.1 Å². The third-order valence-corrected chi connectivity index (χ3v) is 3.79. The summed E-state index contributed by atoms with van der Waals surface area (Å²) in [6.07, 6.45) is 0. The van der Waals surface area contributed by atoms with E-state index in [0.717, 1.165) is 6.54 Å². The number of aryl methyl sites for hydroxylation is 2. The van der Waals surface area contributed by atoms with Crippen molar-refractivity contribution in [3.05, 3.63) is 34.4 Å². The van der Waals surface area contributed by atoms with Gasteiger partial charge >= 0.3 is 0 Å². The lowest BCUT2D eigenvalue weighted by Gasteiger charge is -2.31. The van der Waals surface area contributed by atoms with Gasteiger partial charge in [-0.1, -0.05) is 46.8 Å². The van der Waals surface area contributed by atoms with Crippen molar-refractivity contribution in [2.75, 3.05) is 13.2 Å². The molecule has 2 nitrogen and oxygen atoms in total. The quantitative estimate of drug-likeness (QED) is 0.816. The van der Waals surface area contributed by atoms with Crippen molar-refractivity contribution >= 4 is 0 Å². The maximum absolute atomic E-state index is 5.56. The molecule has 0 heterocycles. The maximum Gasteiger partial charge on any atom is 0.0429 e. The second kappa shape index (κ2) is 5.64. The Balaban J connectivity index is 3.24. The molecule has 0 atom stereocenters. The molecule has 0 saturated carbocycles. The van der Waals surface area contributed by atoms with Gasteiger partial charge in [0.2, 0.25) is 0 Å². The normalized spacial score (nSPS) is 12.8. The van der Waals surface area contributed by atoms with E-state index in [1.807, 2.05) is 0 Å². The Labute approximate surface area is 118 Å². The van der Waals surface area contributed by atoms with E-state index in [1.54, 1.807) is 0 Å². The molecule has 0 aliphatic heterocycles. The van der Waals surface area contributed by atoms with Crippen LogP contribution in [0.1, 0.15) is 56.9 Å². The summed E-state index contributed by atoms with van der Waals surface area (Å²) in [6.45, 7) is 17.2. The second-order valence-corrected chi connectivity index (χ2v) is 7.25. The number of nitrogens with one attached hydrogen (secondary N) is 1. The summed E-state index contributed by atoms with van der Waals surface area (Å²) >= 11 is 0. The minimum Gasteiger partial charge on any atom is -0.318 e. The van der Waals surface area contributed by atoms with Crippen LogP contribution in [0.5, 0.6) is 0 Å². The molecule has 3 N–H and O–H groups in total. The number of benzene rings is 1. The maximum atomic E-state index is 5.56. The SMILES string of the molecule is Cc1cc(C(C)(C)C)cc(C)c1C(C)(C)CNCN. The van der Waals surface area contributed by atoms with E-state index in [-0.39, 0.29) is 10.8 Å². The zero-order valence-electron chi connectivity index (χ0n) is 13.6. The van der Waals surface area contributed by atoms with Crippen LogP contribution in [-0.2, 0) is 10.8 Å². The number of hydrogen-bond donors (Lipinski definition) is 2. The fraction of sp³-hybridized carbons (Fsp3) is 0.647. The van der Waals surface area contributed by atoms with Crippen LogP contribution >= 0.6 is 0 Å². The molecule has 0 saturated heterocycles. The minimum absolute atomic E-state index is 0.101. The molecule has 0 aliphatic rings. The Morgan fingerprint density at radius 1 is 1.00 bits per heavy atom. The Bertz CT molecular complexity index is 416. The van der Waals surface area contributed by atoms with Gasteiger partial charge in [-0.2, -0.15) is 0 Å². The fourth-order valence-corrected chi connectivity index (χ4v) is 2.94. The first-order valence-electron chi connectivity index (χ1n) is 7.12.